The number of imidazole rings is 1. The van der Waals surface area contributed by atoms with Gasteiger partial charge in [-0.3, -0.25) is 14.1 Å². The Morgan fingerprint density at radius 2 is 2.04 bits per heavy atom. The number of aromatic nitrogens is 3. The second-order valence-electron chi connectivity index (χ2n) is 6.33. The molecule has 0 atom stereocenters. The summed E-state index contributed by atoms with van der Waals surface area (Å²) in [6, 6.07) is 2.05. The molecule has 0 aromatic carbocycles. The van der Waals surface area contributed by atoms with E-state index >= 15 is 0 Å². The van der Waals surface area contributed by atoms with E-state index in [2.05, 4.69) is 37.7 Å². The molecule has 0 N–H and O–H groups in total. The average Bonchev–Trinajstić information content (AvgIpc) is 2.84. The van der Waals surface area contributed by atoms with Gasteiger partial charge in [-0.05, 0) is 68.7 Å². The largest absolute Gasteiger partial charge is 0.466 e. The summed E-state index contributed by atoms with van der Waals surface area (Å²) in [6.07, 6.45) is 1.69. The Hall–Kier alpha value is -1.47. The van der Waals surface area contributed by atoms with Crippen molar-refractivity contribution in [1.82, 2.24) is 19.3 Å². The lowest BCUT2D eigenvalue weighted by Crippen LogP contribution is -2.36. The van der Waals surface area contributed by atoms with E-state index in [1.54, 1.807) is 0 Å². The molecule has 1 aliphatic heterocycles. The molecular formula is C17H23BrN4O2. The van der Waals surface area contributed by atoms with Gasteiger partial charge in [0.2, 0.25) is 5.78 Å². The lowest BCUT2D eigenvalue weighted by molar-refractivity contribution is -0.149. The third kappa shape index (κ3) is 3.47. The number of ether oxygens (including phenoxy) is 1. The highest BCUT2D eigenvalue weighted by Gasteiger charge is 2.27. The van der Waals surface area contributed by atoms with Crippen LogP contribution in [-0.4, -0.2) is 44.9 Å². The van der Waals surface area contributed by atoms with Crippen LogP contribution in [0.2, 0.25) is 0 Å². The van der Waals surface area contributed by atoms with E-state index in [9.17, 15) is 4.79 Å². The Bertz CT molecular complexity index is 751. The Morgan fingerprint density at radius 3 is 2.71 bits per heavy atom. The summed E-state index contributed by atoms with van der Waals surface area (Å²) >= 11 is 3.67. The molecule has 24 heavy (non-hydrogen) atoms. The van der Waals surface area contributed by atoms with Crippen molar-refractivity contribution in [3.05, 3.63) is 27.8 Å². The number of piperidine rings is 1. The molecule has 0 amide bonds. The number of likely N-dealkylation sites (tertiary alicyclic amines) is 1. The SMILES string of the molecule is CCOC(=O)C1CCN(Cc2nc3nc(C)cc(C)n3c2Br)CC1. The number of fused-ring (bicyclic) bond motifs is 1. The van der Waals surface area contributed by atoms with Crippen molar-refractivity contribution in [1.29, 1.82) is 0 Å². The van der Waals surface area contributed by atoms with Crippen molar-refractivity contribution in [2.45, 2.75) is 40.2 Å². The number of esters is 1. The normalized spacial score (nSPS) is 16.7. The molecule has 0 saturated carbocycles. The van der Waals surface area contributed by atoms with E-state index in [-0.39, 0.29) is 11.9 Å². The predicted octanol–water partition coefficient (Wildman–Crippen LogP) is 2.88. The summed E-state index contributed by atoms with van der Waals surface area (Å²) in [5, 5.41) is 0. The summed E-state index contributed by atoms with van der Waals surface area (Å²) in [7, 11) is 0. The van der Waals surface area contributed by atoms with Crippen molar-refractivity contribution in [2.24, 2.45) is 5.92 Å². The molecule has 7 heteroatoms. The van der Waals surface area contributed by atoms with Gasteiger partial charge in [-0.1, -0.05) is 0 Å². The van der Waals surface area contributed by atoms with Crippen LogP contribution in [0, 0.1) is 19.8 Å². The molecule has 1 saturated heterocycles. The van der Waals surface area contributed by atoms with Gasteiger partial charge in [0.15, 0.2) is 0 Å². The molecule has 2 aromatic rings. The van der Waals surface area contributed by atoms with E-state index < -0.39 is 0 Å². The molecule has 1 aliphatic rings. The minimum Gasteiger partial charge on any atom is -0.466 e. The van der Waals surface area contributed by atoms with Crippen LogP contribution in [0.1, 0.15) is 36.8 Å². The number of hydrogen-bond acceptors (Lipinski definition) is 5. The molecule has 0 spiro atoms. The zero-order chi connectivity index (χ0) is 17.3. The van der Waals surface area contributed by atoms with Crippen molar-refractivity contribution in [2.75, 3.05) is 19.7 Å². The molecule has 0 bridgehead atoms. The Kier molecular flexibility index (Phi) is 5.20. The highest BCUT2D eigenvalue weighted by Crippen LogP contribution is 2.25. The molecule has 1 fully saturated rings. The second-order valence-corrected chi connectivity index (χ2v) is 7.08. The van der Waals surface area contributed by atoms with Gasteiger partial charge < -0.3 is 4.74 Å². The standard InChI is InChI=1S/C17H23BrN4O2/c1-4-24-16(23)13-5-7-21(8-6-13)10-14-15(18)22-12(3)9-11(2)19-17(22)20-14/h9,13H,4-8,10H2,1-3H3. The summed E-state index contributed by atoms with van der Waals surface area (Å²) < 4.78 is 8.13. The Labute approximate surface area is 150 Å². The Balaban J connectivity index is 1.69. The monoisotopic (exact) mass is 394 g/mol. The minimum atomic E-state index is -0.0543. The lowest BCUT2D eigenvalue weighted by Gasteiger charge is -2.30. The van der Waals surface area contributed by atoms with Gasteiger partial charge in [0.1, 0.15) is 4.60 Å². The van der Waals surface area contributed by atoms with E-state index in [4.69, 9.17) is 4.74 Å². The fourth-order valence-corrected chi connectivity index (χ4v) is 3.93. The van der Waals surface area contributed by atoms with Gasteiger partial charge >= 0.3 is 5.97 Å². The van der Waals surface area contributed by atoms with Crippen LogP contribution < -0.4 is 0 Å². The summed E-state index contributed by atoms with van der Waals surface area (Å²) in [6.45, 7) is 8.88. The van der Waals surface area contributed by atoms with Gasteiger partial charge in [-0.25, -0.2) is 9.97 Å². The number of hydrogen-bond donors (Lipinski definition) is 0. The van der Waals surface area contributed by atoms with Crippen LogP contribution in [0.5, 0.6) is 0 Å². The van der Waals surface area contributed by atoms with Crippen molar-refractivity contribution >= 4 is 27.7 Å². The maximum atomic E-state index is 11.8. The number of rotatable bonds is 4. The van der Waals surface area contributed by atoms with E-state index in [0.717, 1.165) is 59.9 Å². The van der Waals surface area contributed by atoms with Gasteiger partial charge in [0.25, 0.3) is 0 Å². The smallest absolute Gasteiger partial charge is 0.309 e. The number of halogens is 1. The summed E-state index contributed by atoms with van der Waals surface area (Å²) in [4.78, 5) is 23.4. The molecule has 3 heterocycles. The predicted molar refractivity (Wildman–Crippen MR) is 94.8 cm³/mol. The summed E-state index contributed by atoms with van der Waals surface area (Å²) in [5.74, 6) is 0.717. The van der Waals surface area contributed by atoms with Crippen LogP contribution in [0.15, 0.2) is 10.7 Å². The van der Waals surface area contributed by atoms with Gasteiger partial charge in [-0.15, -0.1) is 0 Å². The molecule has 130 valence electrons. The second kappa shape index (κ2) is 7.19. The van der Waals surface area contributed by atoms with E-state index in [0.29, 0.717) is 6.61 Å². The minimum absolute atomic E-state index is 0.0391. The fraction of sp³-hybridized carbons (Fsp3) is 0.588. The third-order valence-corrected chi connectivity index (χ3v) is 5.31. The number of carbonyl (C=O) groups excluding carboxylic acids is 1. The average molecular weight is 395 g/mol. The topological polar surface area (TPSA) is 59.7 Å². The number of aryl methyl sites for hydroxylation is 2. The van der Waals surface area contributed by atoms with Crippen LogP contribution in [0.4, 0.5) is 0 Å². The van der Waals surface area contributed by atoms with Crippen molar-refractivity contribution in [3.8, 4) is 0 Å². The number of nitrogens with zero attached hydrogens (tertiary/aromatic N) is 4. The summed E-state index contributed by atoms with van der Waals surface area (Å²) in [5.41, 5.74) is 3.08. The molecule has 2 aromatic heterocycles. The highest BCUT2D eigenvalue weighted by atomic mass is 79.9. The van der Waals surface area contributed by atoms with Crippen LogP contribution in [0.3, 0.4) is 0 Å². The van der Waals surface area contributed by atoms with Crippen LogP contribution in [-0.2, 0) is 16.1 Å². The van der Waals surface area contributed by atoms with Gasteiger partial charge in [-0.2, -0.15) is 0 Å². The fourth-order valence-electron chi connectivity index (χ4n) is 3.28. The maximum Gasteiger partial charge on any atom is 0.309 e. The molecule has 3 rings (SSSR count). The van der Waals surface area contributed by atoms with E-state index in [1.165, 1.54) is 0 Å². The van der Waals surface area contributed by atoms with E-state index in [1.807, 2.05) is 24.3 Å². The first-order valence-electron chi connectivity index (χ1n) is 8.39. The molecule has 6 nitrogen and oxygen atoms in total. The first kappa shape index (κ1) is 17.4. The van der Waals surface area contributed by atoms with Crippen molar-refractivity contribution < 1.29 is 9.53 Å². The quantitative estimate of drug-likeness (QED) is 0.746. The van der Waals surface area contributed by atoms with Crippen LogP contribution in [0.25, 0.3) is 5.78 Å². The maximum absolute atomic E-state index is 11.8. The molecular weight excluding hydrogens is 372 g/mol. The number of carbonyl (C=O) groups is 1. The molecule has 0 aliphatic carbocycles. The zero-order valence-electron chi connectivity index (χ0n) is 14.4. The Morgan fingerprint density at radius 1 is 1.33 bits per heavy atom. The van der Waals surface area contributed by atoms with Gasteiger partial charge in [0.05, 0.1) is 18.2 Å². The highest BCUT2D eigenvalue weighted by molar-refractivity contribution is 9.10. The lowest BCUT2D eigenvalue weighted by atomic mass is 9.97. The molecule has 0 unspecified atom stereocenters. The van der Waals surface area contributed by atoms with Crippen molar-refractivity contribution in [3.63, 3.8) is 0 Å². The third-order valence-electron chi connectivity index (χ3n) is 4.50. The van der Waals surface area contributed by atoms with Gasteiger partial charge in [0, 0.05) is 17.9 Å². The van der Waals surface area contributed by atoms with Crippen LogP contribution >= 0.6 is 15.9 Å². The first-order valence-corrected chi connectivity index (χ1v) is 9.19. The first-order chi connectivity index (χ1) is 11.5. The molecule has 0 radical (unpaired) electrons. The zero-order valence-corrected chi connectivity index (χ0v) is 16.0.